The van der Waals surface area contributed by atoms with Crippen molar-refractivity contribution in [2.45, 2.75) is 6.92 Å². The summed E-state index contributed by atoms with van der Waals surface area (Å²) >= 11 is 0. The van der Waals surface area contributed by atoms with Gasteiger partial charge in [-0.2, -0.15) is 0 Å². The van der Waals surface area contributed by atoms with E-state index in [0.29, 0.717) is 32.8 Å². The molecule has 0 bridgehead atoms. The molecule has 1 saturated heterocycles. The van der Waals surface area contributed by atoms with Crippen molar-refractivity contribution in [3.05, 3.63) is 5.21 Å². The fourth-order valence-corrected chi connectivity index (χ4v) is 0.992. The van der Waals surface area contributed by atoms with Crippen molar-refractivity contribution in [1.29, 1.82) is 0 Å². The van der Waals surface area contributed by atoms with Crippen LogP contribution in [0.3, 0.4) is 0 Å². The summed E-state index contributed by atoms with van der Waals surface area (Å²) in [5.41, 5.74) is 0. The highest BCUT2D eigenvalue weighted by molar-refractivity contribution is 4.47. The van der Waals surface area contributed by atoms with Crippen molar-refractivity contribution in [1.82, 2.24) is 0 Å². The monoisotopic (exact) mass is 149 g/mol. The Hall–Kier alpha value is -0.160. The third-order valence-corrected chi connectivity index (χ3v) is 1.86. The summed E-state index contributed by atoms with van der Waals surface area (Å²) in [4.78, 5) is 0. The van der Waals surface area contributed by atoms with Gasteiger partial charge >= 0.3 is 0 Å². The first-order chi connectivity index (χ1) is 4.27. The molecule has 0 aromatic rings. The van der Waals surface area contributed by atoms with Gasteiger partial charge in [0.25, 0.3) is 0 Å². The van der Waals surface area contributed by atoms with Crippen LogP contribution in [0.1, 0.15) is 6.92 Å². The molecular formula is C6H15NO3. The highest BCUT2D eigenvalue weighted by atomic mass is 16.6. The molecule has 1 heterocycles. The van der Waals surface area contributed by atoms with Gasteiger partial charge in [0, 0.05) is 0 Å². The van der Waals surface area contributed by atoms with Crippen LogP contribution in [0.5, 0.6) is 0 Å². The van der Waals surface area contributed by atoms with E-state index in [1.54, 1.807) is 0 Å². The van der Waals surface area contributed by atoms with Gasteiger partial charge in [-0.1, -0.05) is 0 Å². The predicted octanol–water partition coefficient (Wildman–Crippen LogP) is -0.474. The van der Waals surface area contributed by atoms with Crippen LogP contribution < -0.4 is 0 Å². The molecule has 1 aliphatic heterocycles. The van der Waals surface area contributed by atoms with E-state index in [-0.39, 0.29) is 10.1 Å². The molecule has 10 heavy (non-hydrogen) atoms. The van der Waals surface area contributed by atoms with Crippen LogP contribution in [0.25, 0.3) is 0 Å². The Morgan fingerprint density at radius 3 is 2.20 bits per heavy atom. The fourth-order valence-electron chi connectivity index (χ4n) is 0.992. The lowest BCUT2D eigenvalue weighted by atomic mass is 10.4. The van der Waals surface area contributed by atoms with Crippen LogP contribution in [0.15, 0.2) is 0 Å². The molecular weight excluding hydrogens is 134 g/mol. The molecule has 1 fully saturated rings. The molecule has 1 aliphatic rings. The number of hydrogen-bond donors (Lipinski definition) is 0. The quantitative estimate of drug-likeness (QED) is 0.373. The number of morpholine rings is 1. The van der Waals surface area contributed by atoms with Crippen molar-refractivity contribution in [2.75, 3.05) is 32.8 Å². The summed E-state index contributed by atoms with van der Waals surface area (Å²) in [6.45, 7) is 5.16. The molecule has 4 heteroatoms. The van der Waals surface area contributed by atoms with Gasteiger partial charge < -0.3 is 20.1 Å². The van der Waals surface area contributed by atoms with Crippen LogP contribution >= 0.6 is 0 Å². The first-order valence-corrected chi connectivity index (χ1v) is 3.42. The average molecular weight is 149 g/mol. The summed E-state index contributed by atoms with van der Waals surface area (Å²) in [6.07, 6.45) is 0. The highest BCUT2D eigenvalue weighted by Gasteiger charge is 2.17. The molecule has 1 rings (SSSR count). The van der Waals surface area contributed by atoms with Gasteiger partial charge in [0.2, 0.25) is 0 Å². The normalized spacial score (nSPS) is 23.4. The molecule has 0 amide bonds. The molecule has 4 nitrogen and oxygen atoms in total. The minimum atomic E-state index is -0.0556. The van der Waals surface area contributed by atoms with Crippen LogP contribution in [0.4, 0.5) is 0 Å². The molecule has 0 aliphatic carbocycles. The number of rotatable bonds is 1. The third kappa shape index (κ3) is 2.22. The average Bonchev–Trinajstić information content (AvgIpc) is 1.90. The Labute approximate surface area is 60.9 Å². The highest BCUT2D eigenvalue weighted by Crippen LogP contribution is 2.06. The van der Waals surface area contributed by atoms with E-state index in [9.17, 15) is 5.21 Å². The maximum atomic E-state index is 11.3. The molecule has 0 radical (unpaired) electrons. The summed E-state index contributed by atoms with van der Waals surface area (Å²) < 4.78 is 5.00. The maximum Gasteiger partial charge on any atom is 0.102 e. The second-order valence-electron chi connectivity index (χ2n) is 2.43. The second kappa shape index (κ2) is 3.88. The van der Waals surface area contributed by atoms with Gasteiger partial charge in [-0.3, -0.25) is 0 Å². The number of likely N-dealkylation sites (N-methyl/N-ethyl adjacent to an activating group) is 1. The van der Waals surface area contributed by atoms with Crippen molar-refractivity contribution in [3.8, 4) is 0 Å². The van der Waals surface area contributed by atoms with Gasteiger partial charge in [0.05, 0.1) is 19.8 Å². The minimum absolute atomic E-state index is 0. The van der Waals surface area contributed by atoms with E-state index < -0.39 is 0 Å². The molecule has 62 valence electrons. The van der Waals surface area contributed by atoms with Crippen LogP contribution in [0, 0.1) is 5.21 Å². The summed E-state index contributed by atoms with van der Waals surface area (Å²) in [6, 6.07) is 0. The number of ether oxygens (including phenoxy) is 1. The molecule has 2 N–H and O–H groups in total. The first-order valence-electron chi connectivity index (χ1n) is 3.42. The van der Waals surface area contributed by atoms with Gasteiger partial charge in [0.1, 0.15) is 13.1 Å². The van der Waals surface area contributed by atoms with Gasteiger partial charge in [-0.05, 0) is 6.92 Å². The van der Waals surface area contributed by atoms with Gasteiger partial charge in [0.15, 0.2) is 0 Å². The third-order valence-electron chi connectivity index (χ3n) is 1.86. The molecule has 0 atom stereocenters. The zero-order valence-corrected chi connectivity index (χ0v) is 6.30. The Balaban J connectivity index is 0.000000810. The first kappa shape index (κ1) is 9.84. The van der Waals surface area contributed by atoms with Crippen LogP contribution in [0.2, 0.25) is 0 Å². The molecule has 0 aromatic carbocycles. The zero-order chi connectivity index (χ0) is 6.74. The minimum Gasteiger partial charge on any atom is -0.633 e. The largest absolute Gasteiger partial charge is 0.633 e. The van der Waals surface area contributed by atoms with Crippen LogP contribution in [-0.4, -0.2) is 43.0 Å². The van der Waals surface area contributed by atoms with E-state index in [1.807, 2.05) is 6.92 Å². The summed E-state index contributed by atoms with van der Waals surface area (Å²) in [5.74, 6) is 0. The molecule has 0 aromatic heterocycles. The molecule has 0 unspecified atom stereocenters. The fraction of sp³-hybridized carbons (Fsp3) is 1.00. The Morgan fingerprint density at radius 1 is 1.40 bits per heavy atom. The summed E-state index contributed by atoms with van der Waals surface area (Å²) in [5, 5.41) is 11.3. The SMILES string of the molecule is CC[N+]1([O-])CCOCC1.O. The number of hydroxylamine groups is 3. The number of quaternary nitrogens is 1. The van der Waals surface area contributed by atoms with E-state index >= 15 is 0 Å². The van der Waals surface area contributed by atoms with E-state index in [1.165, 1.54) is 0 Å². The predicted molar refractivity (Wildman–Crippen MR) is 38.3 cm³/mol. The second-order valence-corrected chi connectivity index (χ2v) is 2.43. The van der Waals surface area contributed by atoms with E-state index in [0.717, 1.165) is 0 Å². The lowest BCUT2D eigenvalue weighted by Gasteiger charge is -2.44. The lowest BCUT2D eigenvalue weighted by molar-refractivity contribution is -0.886. The van der Waals surface area contributed by atoms with Crippen LogP contribution in [-0.2, 0) is 4.74 Å². The molecule has 0 spiro atoms. The number of hydrogen-bond acceptors (Lipinski definition) is 2. The van der Waals surface area contributed by atoms with Crippen molar-refractivity contribution >= 4 is 0 Å². The Morgan fingerprint density at radius 2 is 1.90 bits per heavy atom. The smallest absolute Gasteiger partial charge is 0.102 e. The zero-order valence-electron chi connectivity index (χ0n) is 6.30. The number of nitrogens with zero attached hydrogens (tertiary/aromatic N) is 1. The van der Waals surface area contributed by atoms with E-state index in [2.05, 4.69) is 0 Å². The van der Waals surface area contributed by atoms with E-state index in [4.69, 9.17) is 4.74 Å². The van der Waals surface area contributed by atoms with Gasteiger partial charge in [-0.15, -0.1) is 0 Å². The Kier molecular flexibility index (Phi) is 3.81. The lowest BCUT2D eigenvalue weighted by Crippen LogP contribution is -2.50. The molecule has 0 saturated carbocycles. The van der Waals surface area contributed by atoms with Crippen molar-refractivity contribution < 1.29 is 14.9 Å². The summed E-state index contributed by atoms with van der Waals surface area (Å²) in [7, 11) is 0. The topological polar surface area (TPSA) is 63.8 Å². The van der Waals surface area contributed by atoms with Gasteiger partial charge in [-0.25, -0.2) is 0 Å². The Bertz CT molecular complexity index is 91.0. The standard InChI is InChI=1S/C6H13NO2.H2O/c1-2-7(8)3-5-9-6-4-7;/h2-6H2,1H3;1H2. The maximum absolute atomic E-state index is 11.3. The van der Waals surface area contributed by atoms with Crippen molar-refractivity contribution in [2.24, 2.45) is 0 Å². The van der Waals surface area contributed by atoms with Crippen molar-refractivity contribution in [3.63, 3.8) is 0 Å².